The maximum atomic E-state index is 12.2. The van der Waals surface area contributed by atoms with Gasteiger partial charge in [0.25, 0.3) is 5.95 Å². The van der Waals surface area contributed by atoms with Gasteiger partial charge in [0.05, 0.1) is 11.4 Å². The second-order valence-electron chi connectivity index (χ2n) is 6.61. The molecule has 0 aliphatic rings. The van der Waals surface area contributed by atoms with Crippen LogP contribution in [0.25, 0.3) is 5.95 Å². The number of amides is 1. The number of nitrogens with one attached hydrogen (secondary N) is 1. The Hall–Kier alpha value is -2.81. The van der Waals surface area contributed by atoms with Gasteiger partial charge in [0.2, 0.25) is 11.1 Å². The fourth-order valence-corrected chi connectivity index (χ4v) is 3.27. The molecule has 142 valence electrons. The average molecular weight is 385 g/mol. The molecule has 27 heavy (non-hydrogen) atoms. The number of carbonyl (C=O) groups is 1. The lowest BCUT2D eigenvalue weighted by molar-refractivity contribution is -0.113. The second-order valence-corrected chi connectivity index (χ2v) is 7.55. The maximum Gasteiger partial charge on any atom is 0.271 e. The topological polar surface area (TPSA) is 104 Å². The van der Waals surface area contributed by atoms with Gasteiger partial charge in [0, 0.05) is 11.4 Å². The molecular weight excluding hydrogens is 362 g/mol. The number of nitrogens with two attached hydrogens (primary N) is 1. The largest absolute Gasteiger partial charge is 0.334 e. The van der Waals surface area contributed by atoms with Crippen LogP contribution in [-0.2, 0) is 4.79 Å². The standard InChI is InChI=1S/C18H23N7OS/c1-11(2)14-5-7-15(8-6-14)20-16(26)10-27-18-22-21-17(24(18)19)25-13(4)9-12(3)23-25/h5-9,11H,10,19H2,1-4H3,(H,20,26). The summed E-state index contributed by atoms with van der Waals surface area (Å²) >= 11 is 1.22. The Morgan fingerprint density at radius 3 is 2.52 bits per heavy atom. The Labute approximate surface area is 162 Å². The predicted molar refractivity (Wildman–Crippen MR) is 107 cm³/mol. The molecule has 0 radical (unpaired) electrons. The van der Waals surface area contributed by atoms with Gasteiger partial charge in [-0.05, 0) is 43.5 Å². The van der Waals surface area contributed by atoms with Crippen molar-refractivity contribution in [1.82, 2.24) is 24.7 Å². The fourth-order valence-electron chi connectivity index (χ4n) is 2.62. The second kappa shape index (κ2) is 7.83. The maximum absolute atomic E-state index is 12.2. The number of aryl methyl sites for hydroxylation is 2. The van der Waals surface area contributed by atoms with Crippen molar-refractivity contribution in [3.8, 4) is 5.95 Å². The molecule has 0 aliphatic heterocycles. The highest BCUT2D eigenvalue weighted by Gasteiger charge is 2.16. The molecule has 1 aromatic carbocycles. The summed E-state index contributed by atoms with van der Waals surface area (Å²) in [5.74, 6) is 6.99. The van der Waals surface area contributed by atoms with Crippen LogP contribution in [0.5, 0.6) is 0 Å². The lowest BCUT2D eigenvalue weighted by atomic mass is 10.0. The number of hydrogen-bond donors (Lipinski definition) is 2. The Morgan fingerprint density at radius 1 is 1.22 bits per heavy atom. The number of nitrogen functional groups attached to an aromatic ring is 1. The highest BCUT2D eigenvalue weighted by molar-refractivity contribution is 7.99. The summed E-state index contributed by atoms with van der Waals surface area (Å²) in [7, 11) is 0. The molecule has 0 saturated carbocycles. The van der Waals surface area contributed by atoms with Crippen molar-refractivity contribution in [1.29, 1.82) is 0 Å². The van der Waals surface area contributed by atoms with Crippen LogP contribution < -0.4 is 11.2 Å². The monoisotopic (exact) mass is 385 g/mol. The number of thioether (sulfide) groups is 1. The summed E-state index contributed by atoms with van der Waals surface area (Å²) < 4.78 is 2.97. The van der Waals surface area contributed by atoms with Crippen molar-refractivity contribution in [3.05, 3.63) is 47.3 Å². The van der Waals surface area contributed by atoms with Crippen molar-refractivity contribution in [2.24, 2.45) is 0 Å². The molecule has 2 aromatic heterocycles. The lowest BCUT2D eigenvalue weighted by Gasteiger charge is -2.08. The quantitative estimate of drug-likeness (QED) is 0.499. The van der Waals surface area contributed by atoms with E-state index in [0.29, 0.717) is 17.0 Å². The van der Waals surface area contributed by atoms with Crippen LogP contribution in [-0.4, -0.2) is 36.3 Å². The third-order valence-electron chi connectivity index (χ3n) is 4.04. The highest BCUT2D eigenvalue weighted by Crippen LogP contribution is 2.19. The molecule has 3 aromatic rings. The number of rotatable bonds is 6. The minimum atomic E-state index is -0.132. The van der Waals surface area contributed by atoms with E-state index in [1.54, 1.807) is 4.68 Å². The molecular formula is C18H23N7OS. The first-order chi connectivity index (χ1) is 12.8. The van der Waals surface area contributed by atoms with Crippen LogP contribution in [0.2, 0.25) is 0 Å². The molecule has 0 fully saturated rings. The van der Waals surface area contributed by atoms with Gasteiger partial charge >= 0.3 is 0 Å². The van der Waals surface area contributed by atoms with Crippen molar-refractivity contribution < 1.29 is 4.79 Å². The Bertz CT molecular complexity index is 943. The van der Waals surface area contributed by atoms with E-state index in [2.05, 4.69) is 34.5 Å². The van der Waals surface area contributed by atoms with Crippen LogP contribution in [0.15, 0.2) is 35.5 Å². The van der Waals surface area contributed by atoms with Crippen molar-refractivity contribution in [3.63, 3.8) is 0 Å². The van der Waals surface area contributed by atoms with Gasteiger partial charge < -0.3 is 11.2 Å². The summed E-state index contributed by atoms with van der Waals surface area (Å²) in [5.41, 5.74) is 3.77. The molecule has 0 bridgehead atoms. The summed E-state index contributed by atoms with van der Waals surface area (Å²) in [4.78, 5) is 12.2. The van der Waals surface area contributed by atoms with Gasteiger partial charge in [-0.2, -0.15) is 5.10 Å². The summed E-state index contributed by atoms with van der Waals surface area (Å²) in [6, 6.07) is 9.78. The molecule has 0 saturated heterocycles. The Balaban J connectivity index is 1.61. The van der Waals surface area contributed by atoms with Crippen LogP contribution in [0, 0.1) is 13.8 Å². The van der Waals surface area contributed by atoms with Crippen molar-refractivity contribution in [2.75, 3.05) is 16.9 Å². The summed E-state index contributed by atoms with van der Waals surface area (Å²) in [6.45, 7) is 8.08. The van der Waals surface area contributed by atoms with E-state index in [-0.39, 0.29) is 11.7 Å². The molecule has 0 unspecified atom stereocenters. The highest BCUT2D eigenvalue weighted by atomic mass is 32.2. The first kappa shape index (κ1) is 19.0. The Morgan fingerprint density at radius 2 is 1.93 bits per heavy atom. The zero-order valence-electron chi connectivity index (χ0n) is 15.8. The van der Waals surface area contributed by atoms with E-state index in [1.807, 2.05) is 44.2 Å². The number of aromatic nitrogens is 5. The molecule has 3 N–H and O–H groups in total. The molecule has 1 amide bonds. The van der Waals surface area contributed by atoms with Crippen molar-refractivity contribution >= 4 is 23.4 Å². The fraction of sp³-hybridized carbons (Fsp3) is 0.333. The van der Waals surface area contributed by atoms with Crippen molar-refractivity contribution in [2.45, 2.75) is 38.8 Å². The first-order valence-corrected chi connectivity index (χ1v) is 9.60. The van der Waals surface area contributed by atoms with Gasteiger partial charge in [-0.1, -0.05) is 37.7 Å². The molecule has 3 rings (SSSR count). The van der Waals surface area contributed by atoms with E-state index >= 15 is 0 Å². The van der Waals surface area contributed by atoms with E-state index in [4.69, 9.17) is 5.84 Å². The minimum absolute atomic E-state index is 0.132. The van der Waals surface area contributed by atoms with Crippen LogP contribution in [0.1, 0.15) is 36.7 Å². The normalized spacial score (nSPS) is 11.1. The molecule has 0 spiro atoms. The van der Waals surface area contributed by atoms with Crippen LogP contribution >= 0.6 is 11.8 Å². The molecule has 0 atom stereocenters. The smallest absolute Gasteiger partial charge is 0.271 e. The molecule has 2 heterocycles. The number of anilines is 1. The van der Waals surface area contributed by atoms with E-state index in [1.165, 1.54) is 22.0 Å². The summed E-state index contributed by atoms with van der Waals surface area (Å²) in [5, 5.41) is 15.8. The predicted octanol–water partition coefficient (Wildman–Crippen LogP) is 2.65. The van der Waals surface area contributed by atoms with Gasteiger partial charge in [0.1, 0.15) is 0 Å². The number of hydrogen-bond acceptors (Lipinski definition) is 6. The molecule has 9 heteroatoms. The molecule has 8 nitrogen and oxygen atoms in total. The van der Waals surface area contributed by atoms with E-state index in [9.17, 15) is 4.79 Å². The SMILES string of the molecule is Cc1cc(C)n(-c2nnc(SCC(=O)Nc3ccc(C(C)C)cc3)n2N)n1. The van der Waals surface area contributed by atoms with Gasteiger partial charge in [-0.15, -0.1) is 10.2 Å². The molecule has 0 aliphatic carbocycles. The summed E-state index contributed by atoms with van der Waals surface area (Å²) in [6.07, 6.45) is 0. The lowest BCUT2D eigenvalue weighted by Crippen LogP contribution is -2.18. The zero-order chi connectivity index (χ0) is 19.6. The first-order valence-electron chi connectivity index (χ1n) is 8.62. The third kappa shape index (κ3) is 4.30. The van der Waals surface area contributed by atoms with Gasteiger partial charge in [-0.25, -0.2) is 9.36 Å². The van der Waals surface area contributed by atoms with Crippen LogP contribution in [0.3, 0.4) is 0 Å². The third-order valence-corrected chi connectivity index (χ3v) is 4.98. The average Bonchev–Trinajstić information content (AvgIpc) is 3.14. The minimum Gasteiger partial charge on any atom is -0.334 e. The number of nitrogens with zero attached hydrogens (tertiary/aromatic N) is 5. The van der Waals surface area contributed by atoms with E-state index in [0.717, 1.165) is 17.1 Å². The van der Waals surface area contributed by atoms with Gasteiger partial charge in [0.15, 0.2) is 0 Å². The number of carbonyl (C=O) groups excluding carboxylic acids is 1. The van der Waals surface area contributed by atoms with E-state index < -0.39 is 0 Å². The zero-order valence-corrected chi connectivity index (χ0v) is 16.6. The van der Waals surface area contributed by atoms with Gasteiger partial charge in [-0.3, -0.25) is 4.79 Å². The Kier molecular flexibility index (Phi) is 5.50. The number of benzene rings is 1. The van der Waals surface area contributed by atoms with Crippen LogP contribution in [0.4, 0.5) is 5.69 Å².